The second-order valence-corrected chi connectivity index (χ2v) is 1.86. The van der Waals surface area contributed by atoms with Crippen LogP contribution in [0, 0.1) is 0 Å². The lowest BCUT2D eigenvalue weighted by Crippen LogP contribution is -1.94. The van der Waals surface area contributed by atoms with Gasteiger partial charge in [-0.3, -0.25) is 0 Å². The first-order chi connectivity index (χ1) is 4.70. The van der Waals surface area contributed by atoms with E-state index in [4.69, 9.17) is 10.2 Å². The molecule has 0 aliphatic rings. The fourth-order valence-electron chi connectivity index (χ4n) is 0.639. The van der Waals surface area contributed by atoms with Crippen molar-refractivity contribution in [1.82, 2.24) is 0 Å². The molecule has 1 aromatic carbocycles. The summed E-state index contributed by atoms with van der Waals surface area (Å²) in [6.07, 6.45) is 0. The van der Waals surface area contributed by atoms with Crippen molar-refractivity contribution in [2.24, 2.45) is 0 Å². The summed E-state index contributed by atoms with van der Waals surface area (Å²) in [5.41, 5.74) is 0.0972. The Bertz CT molecular complexity index is 260. The molecule has 0 fully saturated rings. The maximum absolute atomic E-state index is 10.2. The van der Waals surface area contributed by atoms with Gasteiger partial charge in [0.2, 0.25) is 0 Å². The van der Waals surface area contributed by atoms with Crippen LogP contribution in [-0.4, -0.2) is 33.5 Å². The number of aromatic carboxylic acids is 1. The second-order valence-electron chi connectivity index (χ2n) is 1.86. The Labute approximate surface area is 74.4 Å². The lowest BCUT2D eigenvalue weighted by atomic mass is 10.2. The van der Waals surface area contributed by atoms with Crippen molar-refractivity contribution < 1.29 is 15.0 Å². The zero-order valence-electron chi connectivity index (χ0n) is 5.11. The van der Waals surface area contributed by atoms with Crippen LogP contribution in [0.2, 0.25) is 0 Å². The van der Waals surface area contributed by atoms with Crippen LogP contribution >= 0.6 is 0 Å². The van der Waals surface area contributed by atoms with Crippen LogP contribution in [0.5, 0.6) is 5.75 Å². The lowest BCUT2D eigenvalue weighted by molar-refractivity contribution is 0.0696. The maximum Gasteiger partial charge on any atom is 0.335 e. The van der Waals surface area contributed by atoms with E-state index in [1.807, 2.05) is 0 Å². The SMILES string of the molecule is O=C(O)c1cccc(O)c1.[AlH3]. The number of carbonyl (C=O) groups is 1. The zero-order chi connectivity index (χ0) is 7.56. The Kier molecular flexibility index (Phi) is 3.66. The molecule has 0 atom stereocenters. The Hall–Kier alpha value is -0.978. The van der Waals surface area contributed by atoms with Crippen molar-refractivity contribution in [1.29, 1.82) is 0 Å². The summed E-state index contributed by atoms with van der Waals surface area (Å²) in [7, 11) is 0. The minimum Gasteiger partial charge on any atom is -0.508 e. The molecule has 11 heavy (non-hydrogen) atoms. The van der Waals surface area contributed by atoms with Gasteiger partial charge in [0.25, 0.3) is 0 Å². The highest BCUT2D eigenvalue weighted by atomic mass is 27.0. The van der Waals surface area contributed by atoms with Gasteiger partial charge in [-0.25, -0.2) is 4.79 Å². The fourth-order valence-corrected chi connectivity index (χ4v) is 0.639. The average Bonchev–Trinajstić information content (AvgIpc) is 1.88. The molecule has 0 aromatic heterocycles. The van der Waals surface area contributed by atoms with Crippen molar-refractivity contribution >= 4 is 23.3 Å². The third-order valence-corrected chi connectivity index (χ3v) is 1.09. The summed E-state index contributed by atoms with van der Waals surface area (Å²) in [5, 5.41) is 17.2. The maximum atomic E-state index is 10.2. The zero-order valence-corrected chi connectivity index (χ0v) is 5.11. The molecule has 1 rings (SSSR count). The smallest absolute Gasteiger partial charge is 0.335 e. The standard InChI is InChI=1S/C7H6O3.Al.3H/c8-6-3-1-2-5(4-6)7(9)10;;;;/h1-4,8H,(H,9,10);;;;. The first-order valence-electron chi connectivity index (χ1n) is 2.72. The van der Waals surface area contributed by atoms with Crippen LogP contribution in [0.4, 0.5) is 0 Å². The van der Waals surface area contributed by atoms with Crippen molar-refractivity contribution in [2.75, 3.05) is 0 Å². The van der Waals surface area contributed by atoms with Crippen LogP contribution in [0.15, 0.2) is 24.3 Å². The molecule has 2 N–H and O–H groups in total. The van der Waals surface area contributed by atoms with Crippen molar-refractivity contribution in [3.63, 3.8) is 0 Å². The lowest BCUT2D eigenvalue weighted by Gasteiger charge is -1.92. The largest absolute Gasteiger partial charge is 0.508 e. The quantitative estimate of drug-likeness (QED) is 0.576. The second kappa shape index (κ2) is 4.02. The van der Waals surface area contributed by atoms with Gasteiger partial charge in [0.15, 0.2) is 17.4 Å². The predicted molar refractivity (Wildman–Crippen MR) is 45.0 cm³/mol. The van der Waals surface area contributed by atoms with E-state index in [0.29, 0.717) is 0 Å². The van der Waals surface area contributed by atoms with Gasteiger partial charge < -0.3 is 10.2 Å². The van der Waals surface area contributed by atoms with Crippen molar-refractivity contribution in [3.8, 4) is 5.75 Å². The van der Waals surface area contributed by atoms with Crippen LogP contribution < -0.4 is 0 Å². The van der Waals surface area contributed by atoms with Crippen molar-refractivity contribution in [3.05, 3.63) is 29.8 Å². The molecule has 1 aromatic rings. The van der Waals surface area contributed by atoms with Gasteiger partial charge in [-0.1, -0.05) is 6.07 Å². The molecule has 0 spiro atoms. The molecular formula is C7H9AlO3. The molecule has 0 radical (unpaired) electrons. The van der Waals surface area contributed by atoms with E-state index in [-0.39, 0.29) is 28.7 Å². The summed E-state index contributed by atoms with van der Waals surface area (Å²) in [6, 6.07) is 5.52. The predicted octanol–water partition coefficient (Wildman–Crippen LogP) is -0.0935. The van der Waals surface area contributed by atoms with E-state index in [1.165, 1.54) is 24.3 Å². The van der Waals surface area contributed by atoms with Crippen molar-refractivity contribution in [2.45, 2.75) is 0 Å². The fraction of sp³-hybridized carbons (Fsp3) is 0. The third-order valence-electron chi connectivity index (χ3n) is 1.09. The summed E-state index contributed by atoms with van der Waals surface area (Å²) in [4.78, 5) is 10.2. The number of carboxylic acid groups (broad SMARTS) is 1. The molecule has 4 heteroatoms. The Balaban J connectivity index is 0.000001000. The Morgan fingerprint density at radius 2 is 2.00 bits per heavy atom. The van der Waals surface area contributed by atoms with Crippen LogP contribution in [0.1, 0.15) is 10.4 Å². The van der Waals surface area contributed by atoms with Crippen LogP contribution in [0.25, 0.3) is 0 Å². The molecule has 0 aliphatic heterocycles. The Morgan fingerprint density at radius 1 is 1.36 bits per heavy atom. The number of hydrogen-bond acceptors (Lipinski definition) is 2. The molecule has 0 bridgehead atoms. The summed E-state index contributed by atoms with van der Waals surface area (Å²) < 4.78 is 0. The molecule has 0 saturated heterocycles. The van der Waals surface area contributed by atoms with E-state index in [2.05, 4.69) is 0 Å². The van der Waals surface area contributed by atoms with Gasteiger partial charge in [-0.2, -0.15) is 0 Å². The van der Waals surface area contributed by atoms with Gasteiger partial charge in [0.1, 0.15) is 5.75 Å². The third kappa shape index (κ3) is 2.62. The highest BCUT2D eigenvalue weighted by molar-refractivity contribution is 5.87. The summed E-state index contributed by atoms with van der Waals surface area (Å²) >= 11 is 0. The van der Waals surface area contributed by atoms with Gasteiger partial charge in [-0.05, 0) is 18.2 Å². The van der Waals surface area contributed by atoms with E-state index < -0.39 is 5.97 Å². The number of rotatable bonds is 1. The molecule has 0 unspecified atom stereocenters. The van der Waals surface area contributed by atoms with Gasteiger partial charge in [0, 0.05) is 0 Å². The number of carboxylic acids is 1. The first-order valence-corrected chi connectivity index (χ1v) is 2.72. The van der Waals surface area contributed by atoms with Gasteiger partial charge in [-0.15, -0.1) is 0 Å². The molecule has 3 nitrogen and oxygen atoms in total. The number of aromatic hydroxyl groups is 1. The molecule has 0 saturated carbocycles. The minimum atomic E-state index is -1.03. The highest BCUT2D eigenvalue weighted by Crippen LogP contribution is 2.09. The molecule has 58 valence electrons. The average molecular weight is 168 g/mol. The van der Waals surface area contributed by atoms with Gasteiger partial charge in [0.05, 0.1) is 5.56 Å². The molecule has 0 amide bonds. The summed E-state index contributed by atoms with van der Waals surface area (Å²) in [6.45, 7) is 0. The van der Waals surface area contributed by atoms with E-state index in [9.17, 15) is 4.79 Å². The van der Waals surface area contributed by atoms with E-state index >= 15 is 0 Å². The number of benzene rings is 1. The highest BCUT2D eigenvalue weighted by Gasteiger charge is 2.00. The normalized spacial score (nSPS) is 8.36. The number of phenolic OH excluding ortho intramolecular Hbond substituents is 1. The van der Waals surface area contributed by atoms with E-state index in [0.717, 1.165) is 0 Å². The molecular weight excluding hydrogens is 159 g/mol. The monoisotopic (exact) mass is 168 g/mol. The molecule has 0 aliphatic carbocycles. The van der Waals surface area contributed by atoms with E-state index in [1.54, 1.807) is 0 Å². The molecule has 0 heterocycles. The van der Waals surface area contributed by atoms with Crippen LogP contribution in [-0.2, 0) is 0 Å². The minimum absolute atomic E-state index is 0. The topological polar surface area (TPSA) is 57.5 Å². The van der Waals surface area contributed by atoms with Crippen LogP contribution in [0.3, 0.4) is 0 Å². The number of hydrogen-bond donors (Lipinski definition) is 2. The first kappa shape index (κ1) is 10.0. The number of phenols is 1. The summed E-state index contributed by atoms with van der Waals surface area (Å²) in [5.74, 6) is -1.06. The van der Waals surface area contributed by atoms with Gasteiger partial charge >= 0.3 is 5.97 Å². The Morgan fingerprint density at radius 3 is 2.36 bits per heavy atom.